The monoisotopic (exact) mass is 201 g/mol. The number of halogens is 1. The van der Waals surface area contributed by atoms with Gasteiger partial charge in [-0.2, -0.15) is 0 Å². The first-order valence-electron chi connectivity index (χ1n) is 4.19. The maximum Gasteiger partial charge on any atom is 0.320 e. The third-order valence-electron chi connectivity index (χ3n) is 2.00. The van der Waals surface area contributed by atoms with Crippen molar-refractivity contribution in [2.24, 2.45) is 11.7 Å². The standard InChI is InChI=1S/C9H12FNO3/c10-9(14)3-1-6(2-4-9)5-7(11)8(12)13/h1-4,6-7,14H,5,11H2,(H,12,13)/t6?,7-,9?/m0/s1. The molecule has 0 unspecified atom stereocenters. The third kappa shape index (κ3) is 2.93. The number of hydrogen-bond donors (Lipinski definition) is 3. The van der Waals surface area contributed by atoms with Crippen LogP contribution in [0.5, 0.6) is 0 Å². The normalized spacial score (nSPS) is 32.9. The molecule has 4 N–H and O–H groups in total. The smallest absolute Gasteiger partial charge is 0.320 e. The van der Waals surface area contributed by atoms with E-state index >= 15 is 0 Å². The molecule has 1 aliphatic rings. The average Bonchev–Trinajstić information content (AvgIpc) is 2.08. The Morgan fingerprint density at radius 1 is 1.57 bits per heavy atom. The first-order chi connectivity index (χ1) is 6.41. The summed E-state index contributed by atoms with van der Waals surface area (Å²) in [5, 5.41) is 17.4. The van der Waals surface area contributed by atoms with Gasteiger partial charge in [0.25, 0.3) is 0 Å². The maximum atomic E-state index is 12.8. The minimum atomic E-state index is -2.41. The summed E-state index contributed by atoms with van der Waals surface area (Å²) in [6.45, 7) is 0. The van der Waals surface area contributed by atoms with Crippen LogP contribution in [0.1, 0.15) is 6.42 Å². The molecule has 0 aliphatic heterocycles. The van der Waals surface area contributed by atoms with E-state index in [-0.39, 0.29) is 12.3 Å². The Hall–Kier alpha value is -1.20. The molecular weight excluding hydrogens is 189 g/mol. The molecule has 1 aliphatic carbocycles. The number of carboxylic acids is 1. The predicted molar refractivity (Wildman–Crippen MR) is 48.1 cm³/mol. The van der Waals surface area contributed by atoms with Gasteiger partial charge in [0.2, 0.25) is 5.85 Å². The lowest BCUT2D eigenvalue weighted by Gasteiger charge is -2.18. The molecule has 0 bridgehead atoms. The summed E-state index contributed by atoms with van der Waals surface area (Å²) in [6.07, 6.45) is 4.96. The summed E-state index contributed by atoms with van der Waals surface area (Å²) in [4.78, 5) is 10.4. The van der Waals surface area contributed by atoms with Gasteiger partial charge >= 0.3 is 5.97 Å². The first kappa shape index (κ1) is 10.9. The van der Waals surface area contributed by atoms with E-state index < -0.39 is 17.9 Å². The quantitative estimate of drug-likeness (QED) is 0.569. The second-order valence-corrected chi connectivity index (χ2v) is 3.29. The van der Waals surface area contributed by atoms with Crippen molar-refractivity contribution in [3.05, 3.63) is 24.3 Å². The zero-order valence-electron chi connectivity index (χ0n) is 7.43. The SMILES string of the molecule is N[C@@H](CC1C=CC(O)(F)C=C1)C(=O)O. The van der Waals surface area contributed by atoms with Gasteiger partial charge in [0.1, 0.15) is 6.04 Å². The molecule has 0 saturated carbocycles. The second-order valence-electron chi connectivity index (χ2n) is 3.29. The summed E-state index contributed by atoms with van der Waals surface area (Å²) in [7, 11) is 0. The number of nitrogens with two attached hydrogens (primary N) is 1. The van der Waals surface area contributed by atoms with E-state index in [9.17, 15) is 9.18 Å². The molecule has 0 radical (unpaired) electrons. The van der Waals surface area contributed by atoms with Gasteiger partial charge in [0, 0.05) is 0 Å². The van der Waals surface area contributed by atoms with Crippen molar-refractivity contribution in [3.8, 4) is 0 Å². The molecule has 0 saturated heterocycles. The fourth-order valence-electron chi connectivity index (χ4n) is 1.19. The zero-order chi connectivity index (χ0) is 10.8. The van der Waals surface area contributed by atoms with Crippen molar-refractivity contribution in [1.29, 1.82) is 0 Å². The molecule has 0 fully saturated rings. The molecule has 0 heterocycles. The summed E-state index contributed by atoms with van der Waals surface area (Å²) < 4.78 is 12.8. The van der Waals surface area contributed by atoms with Crippen LogP contribution in [-0.4, -0.2) is 28.1 Å². The van der Waals surface area contributed by atoms with Crippen molar-refractivity contribution < 1.29 is 19.4 Å². The predicted octanol–water partition coefficient (Wildman–Crippen LogP) is 0.189. The van der Waals surface area contributed by atoms with Gasteiger partial charge in [-0.25, -0.2) is 4.39 Å². The molecule has 5 heteroatoms. The Labute approximate surface area is 80.5 Å². The van der Waals surface area contributed by atoms with Gasteiger partial charge in [-0.15, -0.1) is 0 Å². The number of carboxylic acid groups (broad SMARTS) is 1. The third-order valence-corrected chi connectivity index (χ3v) is 2.00. The molecule has 1 atom stereocenters. The lowest BCUT2D eigenvalue weighted by atomic mass is 9.94. The number of aliphatic hydroxyl groups is 1. The van der Waals surface area contributed by atoms with Gasteiger partial charge in [-0.1, -0.05) is 12.2 Å². The van der Waals surface area contributed by atoms with Crippen LogP contribution in [0.4, 0.5) is 4.39 Å². The Kier molecular flexibility index (Phi) is 3.03. The van der Waals surface area contributed by atoms with E-state index in [1.807, 2.05) is 0 Å². The van der Waals surface area contributed by atoms with Crippen LogP contribution in [-0.2, 0) is 4.79 Å². The molecule has 1 rings (SSSR count). The summed E-state index contributed by atoms with van der Waals surface area (Å²) in [6, 6.07) is -0.972. The van der Waals surface area contributed by atoms with Crippen LogP contribution in [0.2, 0.25) is 0 Å². The number of rotatable bonds is 3. The van der Waals surface area contributed by atoms with Crippen molar-refractivity contribution in [2.45, 2.75) is 18.3 Å². The minimum Gasteiger partial charge on any atom is -0.480 e. The highest BCUT2D eigenvalue weighted by Gasteiger charge is 2.24. The van der Waals surface area contributed by atoms with E-state index in [2.05, 4.69) is 0 Å². The van der Waals surface area contributed by atoms with Crippen LogP contribution < -0.4 is 5.73 Å². The average molecular weight is 201 g/mol. The van der Waals surface area contributed by atoms with Gasteiger partial charge in [0.05, 0.1) is 0 Å². The summed E-state index contributed by atoms with van der Waals surface area (Å²) in [5.74, 6) is -3.74. The first-order valence-corrected chi connectivity index (χ1v) is 4.19. The molecule has 14 heavy (non-hydrogen) atoms. The number of alkyl halides is 1. The molecule has 0 spiro atoms. The van der Waals surface area contributed by atoms with E-state index in [1.54, 1.807) is 0 Å². The van der Waals surface area contributed by atoms with Crippen LogP contribution in [0.25, 0.3) is 0 Å². The topological polar surface area (TPSA) is 83.5 Å². The van der Waals surface area contributed by atoms with E-state index in [4.69, 9.17) is 15.9 Å². The van der Waals surface area contributed by atoms with Gasteiger partial charge in [-0.3, -0.25) is 4.79 Å². The maximum absolute atomic E-state index is 12.8. The van der Waals surface area contributed by atoms with E-state index in [0.717, 1.165) is 12.2 Å². The highest BCUT2D eigenvalue weighted by Crippen LogP contribution is 2.22. The van der Waals surface area contributed by atoms with E-state index in [1.165, 1.54) is 12.2 Å². The molecule has 0 aromatic heterocycles. The zero-order valence-corrected chi connectivity index (χ0v) is 7.43. The van der Waals surface area contributed by atoms with Crippen LogP contribution >= 0.6 is 0 Å². The van der Waals surface area contributed by atoms with E-state index in [0.29, 0.717) is 0 Å². The number of allylic oxidation sites excluding steroid dienone is 2. The highest BCUT2D eigenvalue weighted by atomic mass is 19.2. The highest BCUT2D eigenvalue weighted by molar-refractivity contribution is 5.73. The van der Waals surface area contributed by atoms with Crippen LogP contribution in [0.15, 0.2) is 24.3 Å². The Balaban J connectivity index is 2.51. The molecule has 4 nitrogen and oxygen atoms in total. The molecule has 78 valence electrons. The van der Waals surface area contributed by atoms with Crippen LogP contribution in [0, 0.1) is 5.92 Å². The molecular formula is C9H12FNO3. The lowest BCUT2D eigenvalue weighted by Crippen LogP contribution is -2.32. The van der Waals surface area contributed by atoms with Crippen LogP contribution in [0.3, 0.4) is 0 Å². The number of aliphatic carboxylic acids is 1. The summed E-state index contributed by atoms with van der Waals surface area (Å²) >= 11 is 0. The van der Waals surface area contributed by atoms with Crippen molar-refractivity contribution in [2.75, 3.05) is 0 Å². The van der Waals surface area contributed by atoms with Gasteiger partial charge < -0.3 is 15.9 Å². The van der Waals surface area contributed by atoms with Gasteiger partial charge in [-0.05, 0) is 24.5 Å². The molecule has 0 aromatic rings. The Morgan fingerprint density at radius 3 is 2.50 bits per heavy atom. The molecule has 0 amide bonds. The Morgan fingerprint density at radius 2 is 2.07 bits per heavy atom. The summed E-state index contributed by atoms with van der Waals surface area (Å²) in [5.41, 5.74) is 5.29. The van der Waals surface area contributed by atoms with Gasteiger partial charge in [0.15, 0.2) is 0 Å². The minimum absolute atomic E-state index is 0.193. The fourth-order valence-corrected chi connectivity index (χ4v) is 1.19. The number of hydrogen-bond acceptors (Lipinski definition) is 3. The second kappa shape index (κ2) is 3.89. The van der Waals surface area contributed by atoms with Crippen molar-refractivity contribution in [3.63, 3.8) is 0 Å². The molecule has 0 aromatic carbocycles. The van der Waals surface area contributed by atoms with Crippen molar-refractivity contribution >= 4 is 5.97 Å². The lowest BCUT2D eigenvalue weighted by molar-refractivity contribution is -0.138. The largest absolute Gasteiger partial charge is 0.480 e. The van der Waals surface area contributed by atoms with Crippen molar-refractivity contribution in [1.82, 2.24) is 0 Å². The Bertz CT molecular complexity index is 270. The number of carbonyl (C=O) groups is 1. The fraction of sp³-hybridized carbons (Fsp3) is 0.444.